The van der Waals surface area contributed by atoms with E-state index in [2.05, 4.69) is 15.5 Å². The van der Waals surface area contributed by atoms with Gasteiger partial charge in [-0.25, -0.2) is 9.07 Å². The van der Waals surface area contributed by atoms with Crippen LogP contribution in [-0.2, 0) is 0 Å². The summed E-state index contributed by atoms with van der Waals surface area (Å²) in [7, 11) is 0. The number of tetrazole rings is 1. The highest BCUT2D eigenvalue weighted by Gasteiger charge is 2.21. The molecule has 0 aliphatic heterocycles. The summed E-state index contributed by atoms with van der Waals surface area (Å²) in [5.74, 6) is 0.228. The molecule has 19 heavy (non-hydrogen) atoms. The Morgan fingerprint density at radius 3 is 2.68 bits per heavy atom. The third-order valence-electron chi connectivity index (χ3n) is 3.59. The number of nitrogens with zero attached hydrogens (tertiary/aromatic N) is 4. The first-order valence-electron chi connectivity index (χ1n) is 6.58. The van der Waals surface area contributed by atoms with E-state index in [1.165, 1.54) is 31.4 Å². The lowest BCUT2D eigenvalue weighted by atomic mass is 9.95. The smallest absolute Gasteiger partial charge is 0.182 e. The van der Waals surface area contributed by atoms with Crippen LogP contribution in [0.3, 0.4) is 0 Å². The van der Waals surface area contributed by atoms with Crippen LogP contribution in [0.2, 0.25) is 0 Å². The molecule has 0 saturated heterocycles. The highest BCUT2D eigenvalue weighted by atomic mass is 19.1. The van der Waals surface area contributed by atoms with Crippen LogP contribution in [0.1, 0.15) is 38.1 Å². The molecule has 0 unspecified atom stereocenters. The van der Waals surface area contributed by atoms with E-state index in [-0.39, 0.29) is 5.82 Å². The lowest BCUT2D eigenvalue weighted by Gasteiger charge is -2.22. The Morgan fingerprint density at radius 2 is 1.95 bits per heavy atom. The predicted molar refractivity (Wildman–Crippen MR) is 69.7 cm³/mol. The Morgan fingerprint density at radius 1 is 1.16 bits per heavy atom. The van der Waals surface area contributed by atoms with E-state index in [0.29, 0.717) is 23.1 Å². The van der Waals surface area contributed by atoms with Crippen molar-refractivity contribution in [3.05, 3.63) is 24.0 Å². The van der Waals surface area contributed by atoms with E-state index >= 15 is 0 Å². The number of hydrogen-bond acceptors (Lipinski definition) is 4. The predicted octanol–water partition coefficient (Wildman–Crippen LogP) is 2.57. The first kappa shape index (κ1) is 12.1. The molecule has 0 radical (unpaired) electrons. The molecule has 1 saturated carbocycles. The van der Waals surface area contributed by atoms with Crippen molar-refractivity contribution >= 4 is 5.69 Å². The Kier molecular flexibility index (Phi) is 3.15. The second kappa shape index (κ2) is 4.95. The van der Waals surface area contributed by atoms with Gasteiger partial charge in [0, 0.05) is 11.3 Å². The summed E-state index contributed by atoms with van der Waals surface area (Å²) >= 11 is 0. The van der Waals surface area contributed by atoms with E-state index in [1.807, 2.05) is 4.68 Å². The van der Waals surface area contributed by atoms with Crippen LogP contribution in [0, 0.1) is 5.82 Å². The van der Waals surface area contributed by atoms with E-state index in [9.17, 15) is 4.39 Å². The average Bonchev–Trinajstić information content (AvgIpc) is 2.88. The minimum absolute atomic E-state index is 0.309. The van der Waals surface area contributed by atoms with Crippen LogP contribution in [0.4, 0.5) is 10.1 Å². The monoisotopic (exact) mass is 261 g/mol. The Hall–Kier alpha value is -1.98. The van der Waals surface area contributed by atoms with Crippen molar-refractivity contribution in [3.8, 4) is 11.4 Å². The third kappa shape index (κ3) is 2.43. The summed E-state index contributed by atoms with van der Waals surface area (Å²) in [4.78, 5) is 0. The SMILES string of the molecule is Nc1cc(F)cc(-c2nnnn2C2CCCCC2)c1. The number of halogens is 1. The number of nitrogen functional groups attached to an aromatic ring is 1. The number of aromatic nitrogens is 4. The van der Waals surface area contributed by atoms with Gasteiger partial charge < -0.3 is 5.73 Å². The van der Waals surface area contributed by atoms with Crippen molar-refractivity contribution in [3.63, 3.8) is 0 Å². The van der Waals surface area contributed by atoms with Gasteiger partial charge in [0.25, 0.3) is 0 Å². The zero-order valence-electron chi connectivity index (χ0n) is 10.6. The van der Waals surface area contributed by atoms with Crippen LogP contribution < -0.4 is 5.73 Å². The largest absolute Gasteiger partial charge is 0.399 e. The molecule has 0 atom stereocenters. The molecule has 5 nitrogen and oxygen atoms in total. The quantitative estimate of drug-likeness (QED) is 0.843. The van der Waals surface area contributed by atoms with Crippen molar-refractivity contribution in [1.29, 1.82) is 0 Å². The van der Waals surface area contributed by atoms with Crippen molar-refractivity contribution in [2.24, 2.45) is 0 Å². The molecule has 1 aromatic heterocycles. The number of rotatable bonds is 2. The van der Waals surface area contributed by atoms with E-state index in [1.54, 1.807) is 6.07 Å². The highest BCUT2D eigenvalue weighted by molar-refractivity contribution is 5.61. The molecule has 0 bridgehead atoms. The topological polar surface area (TPSA) is 69.6 Å². The fourth-order valence-electron chi connectivity index (χ4n) is 2.70. The summed E-state index contributed by atoms with van der Waals surface area (Å²) in [5.41, 5.74) is 6.69. The fourth-order valence-corrected chi connectivity index (χ4v) is 2.70. The summed E-state index contributed by atoms with van der Waals surface area (Å²) in [5, 5.41) is 11.8. The number of hydrogen-bond donors (Lipinski definition) is 1. The molecule has 1 aliphatic carbocycles. The number of benzene rings is 1. The zero-order valence-corrected chi connectivity index (χ0v) is 10.6. The second-order valence-corrected chi connectivity index (χ2v) is 5.01. The average molecular weight is 261 g/mol. The van der Waals surface area contributed by atoms with Gasteiger partial charge in [0.1, 0.15) is 5.82 Å². The van der Waals surface area contributed by atoms with Crippen molar-refractivity contribution < 1.29 is 4.39 Å². The van der Waals surface area contributed by atoms with Gasteiger partial charge in [-0.15, -0.1) is 5.10 Å². The molecular formula is C13H16FN5. The van der Waals surface area contributed by atoms with Crippen molar-refractivity contribution in [2.75, 3.05) is 5.73 Å². The minimum atomic E-state index is -0.367. The van der Waals surface area contributed by atoms with Crippen LogP contribution in [0.5, 0.6) is 0 Å². The summed E-state index contributed by atoms with van der Waals surface area (Å²) in [6.07, 6.45) is 5.79. The van der Waals surface area contributed by atoms with Crippen LogP contribution in [0.15, 0.2) is 18.2 Å². The van der Waals surface area contributed by atoms with Crippen molar-refractivity contribution in [2.45, 2.75) is 38.1 Å². The number of anilines is 1. The van der Waals surface area contributed by atoms with Crippen LogP contribution >= 0.6 is 0 Å². The number of nitrogens with two attached hydrogens (primary N) is 1. The lowest BCUT2D eigenvalue weighted by Crippen LogP contribution is -2.15. The molecular weight excluding hydrogens is 245 g/mol. The summed E-state index contributed by atoms with van der Waals surface area (Å²) in [6.45, 7) is 0. The van der Waals surface area contributed by atoms with E-state index < -0.39 is 0 Å². The van der Waals surface area contributed by atoms with Crippen molar-refractivity contribution in [1.82, 2.24) is 20.2 Å². The molecule has 1 aliphatic rings. The Bertz CT molecular complexity index is 554. The first-order chi connectivity index (χ1) is 9.24. The Labute approximate surface area is 110 Å². The van der Waals surface area contributed by atoms with Gasteiger partial charge in [-0.05, 0) is 41.5 Å². The van der Waals surface area contributed by atoms with E-state index in [4.69, 9.17) is 5.73 Å². The van der Waals surface area contributed by atoms with Crippen LogP contribution in [0.25, 0.3) is 11.4 Å². The van der Waals surface area contributed by atoms with Gasteiger partial charge in [-0.2, -0.15) is 0 Å². The molecule has 100 valence electrons. The molecule has 6 heteroatoms. The molecule has 1 aromatic carbocycles. The van der Waals surface area contributed by atoms with Gasteiger partial charge in [0.15, 0.2) is 5.82 Å². The standard InChI is InChI=1S/C13H16FN5/c14-10-6-9(7-11(15)8-10)13-16-17-18-19(13)12-4-2-1-3-5-12/h6-8,12H,1-5,15H2. The molecule has 0 spiro atoms. The Balaban J connectivity index is 1.98. The lowest BCUT2D eigenvalue weighted by molar-refractivity contribution is 0.327. The first-order valence-corrected chi connectivity index (χ1v) is 6.58. The van der Waals surface area contributed by atoms with Gasteiger partial charge >= 0.3 is 0 Å². The minimum Gasteiger partial charge on any atom is -0.399 e. The normalized spacial score (nSPS) is 16.7. The molecule has 3 rings (SSSR count). The van der Waals surface area contributed by atoms with Gasteiger partial charge in [0.05, 0.1) is 6.04 Å². The highest BCUT2D eigenvalue weighted by Crippen LogP contribution is 2.31. The molecule has 2 N–H and O–H groups in total. The maximum atomic E-state index is 13.4. The molecule has 1 fully saturated rings. The second-order valence-electron chi connectivity index (χ2n) is 5.01. The summed E-state index contributed by atoms with van der Waals surface area (Å²) in [6, 6.07) is 4.72. The molecule has 1 heterocycles. The van der Waals surface area contributed by atoms with Gasteiger partial charge in [-0.3, -0.25) is 0 Å². The fraction of sp³-hybridized carbons (Fsp3) is 0.462. The van der Waals surface area contributed by atoms with Gasteiger partial charge in [0.2, 0.25) is 0 Å². The maximum Gasteiger partial charge on any atom is 0.182 e. The third-order valence-corrected chi connectivity index (χ3v) is 3.59. The maximum absolute atomic E-state index is 13.4. The molecule has 0 amide bonds. The molecule has 2 aromatic rings. The summed E-state index contributed by atoms with van der Waals surface area (Å²) < 4.78 is 15.2. The van der Waals surface area contributed by atoms with Crippen LogP contribution in [-0.4, -0.2) is 20.2 Å². The zero-order chi connectivity index (χ0) is 13.2. The van der Waals surface area contributed by atoms with E-state index in [0.717, 1.165) is 12.8 Å². The van der Waals surface area contributed by atoms with Gasteiger partial charge in [-0.1, -0.05) is 19.3 Å².